The van der Waals surface area contributed by atoms with Gasteiger partial charge in [-0.25, -0.2) is 0 Å². The van der Waals surface area contributed by atoms with Crippen LogP contribution in [0.4, 0.5) is 0 Å². The van der Waals surface area contributed by atoms with Crippen LogP contribution in [-0.4, -0.2) is 33.8 Å². The molecule has 5 nitrogen and oxygen atoms in total. The van der Waals surface area contributed by atoms with E-state index in [1.807, 2.05) is 170 Å². The van der Waals surface area contributed by atoms with Gasteiger partial charge in [0, 0.05) is 12.0 Å². The van der Waals surface area contributed by atoms with Gasteiger partial charge in [-0.3, -0.25) is 4.79 Å². The maximum atomic E-state index is 14.2. The summed E-state index contributed by atoms with van der Waals surface area (Å²) in [6, 6.07) is 81.4. The maximum Gasteiger partial charge on any atom is 0.380 e. The Morgan fingerprint density at radius 2 is 0.600 bits per heavy atom. The van der Waals surface area contributed by atoms with Crippen LogP contribution >= 0.6 is 0 Å². The molecule has 7 heteroatoms. The summed E-state index contributed by atoms with van der Waals surface area (Å²) >= 11 is 0. The minimum Gasteiger partial charge on any atom is -0.438 e. The van der Waals surface area contributed by atoms with Crippen molar-refractivity contribution in [1.29, 1.82) is 0 Å². The highest BCUT2D eigenvalue weighted by Crippen LogP contribution is 2.18. The predicted octanol–water partition coefficient (Wildman–Crippen LogP) is 7.78. The molecule has 0 N–H and O–H groups in total. The van der Waals surface area contributed by atoms with E-state index in [1.165, 1.54) is 0 Å². The van der Waals surface area contributed by atoms with Gasteiger partial charge in [-0.15, -0.1) is 10.3 Å². The molecule has 0 unspecified atom stereocenters. The summed E-state index contributed by atoms with van der Waals surface area (Å²) in [5, 5.41) is 16.5. The Morgan fingerprint density at radius 1 is 0.333 bits per heavy atom. The molecule has 0 aliphatic rings. The first-order valence-electron chi connectivity index (χ1n) is 20.1. The van der Waals surface area contributed by atoms with Crippen molar-refractivity contribution in [1.82, 2.24) is 0 Å². The lowest BCUT2D eigenvalue weighted by Crippen LogP contribution is -2.68. The fourth-order valence-electron chi connectivity index (χ4n) is 7.66. The van der Waals surface area contributed by atoms with Crippen LogP contribution in [0, 0.1) is 0 Å². The first kappa shape index (κ1) is 39.6. The zero-order chi connectivity index (χ0) is 40.9. The summed E-state index contributed by atoms with van der Waals surface area (Å²) in [4.78, 5) is 14.2. The molecular weight excluding hydrogens is 769 g/mol. The molecular formula is C53H44N2O3Si2. The highest BCUT2D eigenvalue weighted by Gasteiger charge is 2.46. The van der Waals surface area contributed by atoms with Gasteiger partial charge in [-0.2, -0.15) is 0 Å². The molecule has 0 aromatic heterocycles. The second-order valence-electron chi connectivity index (χ2n) is 14.4. The molecule has 60 heavy (non-hydrogen) atoms. The third-order valence-electron chi connectivity index (χ3n) is 10.6. The summed E-state index contributed by atoms with van der Waals surface area (Å²) in [6.45, 7) is 0. The Morgan fingerprint density at radius 3 is 0.917 bits per heavy atom. The van der Waals surface area contributed by atoms with Crippen LogP contribution in [0.2, 0.25) is 0 Å². The molecule has 8 aromatic rings. The van der Waals surface area contributed by atoms with Crippen molar-refractivity contribution in [2.45, 2.75) is 12.8 Å². The van der Waals surface area contributed by atoms with Crippen molar-refractivity contribution >= 4 is 65.0 Å². The molecule has 8 rings (SSSR count). The Balaban J connectivity index is 1.30. The lowest BCUT2D eigenvalue weighted by atomic mass is 9.99. The van der Waals surface area contributed by atoms with E-state index in [9.17, 15) is 4.79 Å². The summed E-state index contributed by atoms with van der Waals surface area (Å²) in [5.74, 6) is -0.0701. The molecule has 0 spiro atoms. The minimum absolute atomic E-state index is 0.0113. The maximum absolute atomic E-state index is 14.2. The Hall–Kier alpha value is -7.20. The van der Waals surface area contributed by atoms with Gasteiger partial charge >= 0.3 is 16.6 Å². The smallest absolute Gasteiger partial charge is 0.380 e. The molecule has 0 radical (unpaired) electrons. The van der Waals surface area contributed by atoms with Crippen LogP contribution in [0.25, 0.3) is 0 Å². The number of ketones is 1. The van der Waals surface area contributed by atoms with E-state index in [2.05, 4.69) is 72.8 Å². The van der Waals surface area contributed by atoms with Crippen molar-refractivity contribution in [3.63, 3.8) is 0 Å². The molecule has 0 aliphatic heterocycles. The predicted molar refractivity (Wildman–Crippen MR) is 251 cm³/mol. The van der Waals surface area contributed by atoms with E-state index < -0.39 is 16.6 Å². The average Bonchev–Trinajstić information content (AvgIpc) is 3.34. The third-order valence-corrected chi connectivity index (χ3v) is 18.2. The van der Waals surface area contributed by atoms with Crippen molar-refractivity contribution in [2.75, 3.05) is 0 Å². The fraction of sp³-hybridized carbons (Fsp3) is 0.0377. The Bertz CT molecular complexity index is 2440. The quantitative estimate of drug-likeness (QED) is 0.0330. The second-order valence-corrected chi connectivity index (χ2v) is 21.0. The number of oxime groups is 2. The number of carbonyl (C=O) groups is 1. The van der Waals surface area contributed by atoms with E-state index in [-0.39, 0.29) is 18.6 Å². The highest BCUT2D eigenvalue weighted by molar-refractivity contribution is 7.07. The van der Waals surface area contributed by atoms with Gasteiger partial charge in [0.25, 0.3) is 0 Å². The number of benzene rings is 8. The van der Waals surface area contributed by atoms with Gasteiger partial charge in [0.2, 0.25) is 0 Å². The standard InChI is InChI=1S/C53H44N2O3Si2/c56-53(44-27-11-2-12-28-44)42-45(54-57-59(46-29-13-3-14-30-46,47-31-15-4-16-32-47)48-33-17-5-18-34-48)41-52(43-25-9-1-10-26-43)55-58-60(49-35-19-6-20-36-49,50-37-21-7-22-38-50)51-39-23-8-24-40-51/h1-40H,41-42H2. The van der Waals surface area contributed by atoms with E-state index in [0.717, 1.165) is 36.7 Å². The van der Waals surface area contributed by atoms with Crippen LogP contribution in [-0.2, 0) is 9.05 Å². The van der Waals surface area contributed by atoms with E-state index in [1.54, 1.807) is 0 Å². The first-order chi connectivity index (χ1) is 29.7. The number of carbonyl (C=O) groups excluding carboxylic acids is 1. The molecule has 8 aromatic carbocycles. The summed E-state index contributed by atoms with van der Waals surface area (Å²) in [6.07, 6.45) is 0.200. The van der Waals surface area contributed by atoms with E-state index >= 15 is 0 Å². The molecule has 0 heterocycles. The fourth-order valence-corrected chi connectivity index (χ4v) is 14.8. The zero-order valence-electron chi connectivity index (χ0n) is 33.1. The number of rotatable bonds is 16. The monoisotopic (exact) mass is 812 g/mol. The van der Waals surface area contributed by atoms with Crippen LogP contribution in [0.1, 0.15) is 28.8 Å². The molecule has 0 amide bonds. The van der Waals surface area contributed by atoms with Gasteiger partial charge in [-0.05, 0) is 36.7 Å². The molecule has 0 saturated heterocycles. The van der Waals surface area contributed by atoms with Crippen molar-refractivity contribution in [3.8, 4) is 0 Å². The van der Waals surface area contributed by atoms with Crippen molar-refractivity contribution in [2.24, 2.45) is 10.3 Å². The molecule has 0 bridgehead atoms. The Labute approximate surface area is 354 Å². The van der Waals surface area contributed by atoms with Gasteiger partial charge in [-0.1, -0.05) is 243 Å². The normalized spacial score (nSPS) is 12.1. The minimum atomic E-state index is -3.29. The van der Waals surface area contributed by atoms with Crippen LogP contribution in [0.15, 0.2) is 253 Å². The molecule has 292 valence electrons. The number of Topliss-reactive ketones (excluding diaryl/α,β-unsaturated/α-hetero) is 1. The molecule has 0 atom stereocenters. The Kier molecular flexibility index (Phi) is 12.6. The van der Waals surface area contributed by atoms with Gasteiger partial charge in [0.05, 0.1) is 17.8 Å². The molecule has 0 aliphatic carbocycles. The van der Waals surface area contributed by atoms with Gasteiger partial charge in [0.15, 0.2) is 5.78 Å². The summed E-state index contributed by atoms with van der Waals surface area (Å²) < 4.78 is 14.4. The zero-order valence-corrected chi connectivity index (χ0v) is 35.1. The van der Waals surface area contributed by atoms with Gasteiger partial charge in [0.1, 0.15) is 0 Å². The van der Waals surface area contributed by atoms with Crippen molar-refractivity contribution < 1.29 is 13.8 Å². The third kappa shape index (κ3) is 8.63. The molecule has 0 fully saturated rings. The second kappa shape index (κ2) is 19.0. The van der Waals surface area contributed by atoms with E-state index in [4.69, 9.17) is 19.4 Å². The lowest BCUT2D eigenvalue weighted by Gasteiger charge is -2.31. The molecule has 0 saturated carbocycles. The van der Waals surface area contributed by atoms with Crippen LogP contribution in [0.3, 0.4) is 0 Å². The number of hydrogen-bond donors (Lipinski definition) is 0. The van der Waals surface area contributed by atoms with E-state index in [0.29, 0.717) is 17.0 Å². The van der Waals surface area contributed by atoms with Crippen LogP contribution < -0.4 is 31.1 Å². The highest BCUT2D eigenvalue weighted by atomic mass is 28.4. The topological polar surface area (TPSA) is 60.2 Å². The number of nitrogens with zero attached hydrogens (tertiary/aromatic N) is 2. The average molecular weight is 813 g/mol. The summed E-state index contributed by atoms with van der Waals surface area (Å²) in [5.41, 5.74) is 2.61. The first-order valence-corrected chi connectivity index (χ1v) is 23.9. The summed E-state index contributed by atoms with van der Waals surface area (Å²) in [7, 11) is -6.55. The SMILES string of the molecule is O=C(CC(CC(=NO[Si](c1ccccc1)(c1ccccc1)c1ccccc1)c1ccccc1)=NO[Si](c1ccccc1)(c1ccccc1)c1ccccc1)c1ccccc1. The van der Waals surface area contributed by atoms with Crippen molar-refractivity contribution in [3.05, 3.63) is 254 Å². The van der Waals surface area contributed by atoms with Crippen LogP contribution in [0.5, 0.6) is 0 Å². The number of hydrogen-bond acceptors (Lipinski definition) is 5. The lowest BCUT2D eigenvalue weighted by molar-refractivity contribution is 0.0999. The van der Waals surface area contributed by atoms with Gasteiger partial charge < -0.3 is 9.05 Å². The largest absolute Gasteiger partial charge is 0.438 e.